The van der Waals surface area contributed by atoms with Crippen molar-refractivity contribution in [2.24, 2.45) is 7.05 Å². The Hall–Kier alpha value is -3.85. The van der Waals surface area contributed by atoms with Crippen molar-refractivity contribution >= 4 is 17.6 Å². The van der Waals surface area contributed by atoms with E-state index in [2.05, 4.69) is 10.4 Å². The van der Waals surface area contributed by atoms with Gasteiger partial charge in [0.2, 0.25) is 0 Å². The van der Waals surface area contributed by atoms with Crippen LogP contribution >= 0.6 is 0 Å². The SMILES string of the molecule is CCC(CO)Oc1cc(Oc2ccc(C(=O)N3CCC3)cc2)cc(C(=O)Nc2ccn(C)n2)c1. The molecule has 0 bridgehead atoms. The summed E-state index contributed by atoms with van der Waals surface area (Å²) in [7, 11) is 1.76. The van der Waals surface area contributed by atoms with Crippen molar-refractivity contribution in [1.82, 2.24) is 14.7 Å². The molecule has 1 unspecified atom stereocenters. The minimum atomic E-state index is -0.409. The van der Waals surface area contributed by atoms with Gasteiger partial charge in [0.1, 0.15) is 23.4 Å². The van der Waals surface area contributed by atoms with E-state index in [-0.39, 0.29) is 18.4 Å². The van der Waals surface area contributed by atoms with Gasteiger partial charge in [-0.1, -0.05) is 6.92 Å². The number of nitrogens with zero attached hydrogens (tertiary/aromatic N) is 3. The molecule has 4 rings (SSSR count). The standard InChI is InChI=1S/C25H28N4O5/c1-3-19(16-30)33-21-13-18(24(31)26-23-9-12-28(2)27-23)14-22(15-21)34-20-7-5-17(6-8-20)25(32)29-10-4-11-29/h5-9,12-15,19,30H,3-4,10-11,16H2,1-2H3,(H,26,27,31). The summed E-state index contributed by atoms with van der Waals surface area (Å²) in [6.07, 6.45) is 2.96. The van der Waals surface area contributed by atoms with Crippen molar-refractivity contribution in [2.75, 3.05) is 25.0 Å². The van der Waals surface area contributed by atoms with Crippen molar-refractivity contribution < 1.29 is 24.2 Å². The maximum absolute atomic E-state index is 12.9. The fourth-order valence-corrected chi connectivity index (χ4v) is 3.45. The predicted octanol–water partition coefficient (Wildman–Crippen LogP) is 3.46. The van der Waals surface area contributed by atoms with Crippen LogP contribution in [0, 0.1) is 0 Å². The molecule has 1 fully saturated rings. The molecule has 1 atom stereocenters. The topological polar surface area (TPSA) is 106 Å². The average Bonchev–Trinajstić information content (AvgIpc) is 3.21. The molecule has 9 heteroatoms. The molecule has 2 amide bonds. The first kappa shape index (κ1) is 23.3. The number of likely N-dealkylation sites (tertiary alicyclic amines) is 1. The molecule has 2 N–H and O–H groups in total. The van der Waals surface area contributed by atoms with Gasteiger partial charge in [0.15, 0.2) is 5.82 Å². The number of aromatic nitrogens is 2. The number of nitrogens with one attached hydrogen (secondary N) is 1. The van der Waals surface area contributed by atoms with Crippen LogP contribution in [-0.4, -0.2) is 57.4 Å². The first-order valence-corrected chi connectivity index (χ1v) is 11.3. The molecule has 2 aromatic carbocycles. The lowest BCUT2D eigenvalue weighted by Gasteiger charge is -2.30. The number of hydrogen-bond acceptors (Lipinski definition) is 6. The number of amides is 2. The zero-order valence-electron chi connectivity index (χ0n) is 19.2. The molecule has 0 saturated carbocycles. The molecule has 1 aliphatic heterocycles. The van der Waals surface area contributed by atoms with E-state index in [1.54, 1.807) is 71.4 Å². The van der Waals surface area contributed by atoms with Gasteiger partial charge in [-0.25, -0.2) is 0 Å². The van der Waals surface area contributed by atoms with Gasteiger partial charge in [0.25, 0.3) is 11.8 Å². The Morgan fingerprint density at radius 3 is 2.38 bits per heavy atom. The van der Waals surface area contributed by atoms with E-state index in [0.29, 0.717) is 40.6 Å². The first-order valence-electron chi connectivity index (χ1n) is 11.3. The molecule has 34 heavy (non-hydrogen) atoms. The number of aliphatic hydroxyl groups is 1. The minimum Gasteiger partial charge on any atom is -0.488 e. The summed E-state index contributed by atoms with van der Waals surface area (Å²) in [6, 6.07) is 13.4. The molecule has 9 nitrogen and oxygen atoms in total. The van der Waals surface area contributed by atoms with E-state index in [9.17, 15) is 14.7 Å². The smallest absolute Gasteiger partial charge is 0.257 e. The molecule has 3 aromatic rings. The van der Waals surface area contributed by atoms with Gasteiger partial charge in [-0.05, 0) is 49.2 Å². The fourth-order valence-electron chi connectivity index (χ4n) is 3.45. The van der Waals surface area contributed by atoms with Gasteiger partial charge < -0.3 is 24.8 Å². The van der Waals surface area contributed by atoms with Crippen LogP contribution in [0.25, 0.3) is 0 Å². The number of hydrogen-bond donors (Lipinski definition) is 2. The molecular formula is C25H28N4O5. The highest BCUT2D eigenvalue weighted by Gasteiger charge is 2.21. The highest BCUT2D eigenvalue weighted by molar-refractivity contribution is 6.04. The van der Waals surface area contributed by atoms with Gasteiger partial charge in [-0.3, -0.25) is 14.3 Å². The molecule has 2 heterocycles. The summed E-state index contributed by atoms with van der Waals surface area (Å²) in [5.41, 5.74) is 0.920. The van der Waals surface area contributed by atoms with Gasteiger partial charge in [0, 0.05) is 49.6 Å². The van der Waals surface area contributed by atoms with Crippen molar-refractivity contribution in [3.05, 3.63) is 65.9 Å². The van der Waals surface area contributed by atoms with E-state index in [4.69, 9.17) is 9.47 Å². The van der Waals surface area contributed by atoms with Crippen molar-refractivity contribution in [1.29, 1.82) is 0 Å². The molecule has 1 aliphatic rings. The normalized spacial score (nSPS) is 13.7. The number of aryl methyl sites for hydroxylation is 1. The zero-order valence-corrected chi connectivity index (χ0v) is 19.2. The number of ether oxygens (including phenoxy) is 2. The average molecular weight is 465 g/mol. The van der Waals surface area contributed by atoms with Crippen molar-refractivity contribution in [3.8, 4) is 17.2 Å². The summed E-state index contributed by atoms with van der Waals surface area (Å²) in [5, 5.41) is 16.4. The van der Waals surface area contributed by atoms with Gasteiger partial charge in [-0.15, -0.1) is 0 Å². The number of aliphatic hydroxyl groups excluding tert-OH is 1. The monoisotopic (exact) mass is 464 g/mol. The van der Waals surface area contributed by atoms with Gasteiger partial charge >= 0.3 is 0 Å². The van der Waals surface area contributed by atoms with E-state index in [0.717, 1.165) is 19.5 Å². The number of carbonyl (C=O) groups is 2. The summed E-state index contributed by atoms with van der Waals surface area (Å²) < 4.78 is 13.4. The minimum absolute atomic E-state index is 0.0105. The summed E-state index contributed by atoms with van der Waals surface area (Å²) in [6.45, 7) is 3.34. The lowest BCUT2D eigenvalue weighted by atomic mass is 10.1. The number of anilines is 1. The van der Waals surface area contributed by atoms with Crippen LogP contribution in [0.5, 0.6) is 17.2 Å². The molecule has 178 valence electrons. The zero-order chi connectivity index (χ0) is 24.1. The molecule has 1 saturated heterocycles. The predicted molar refractivity (Wildman–Crippen MR) is 126 cm³/mol. The third-order valence-corrected chi connectivity index (χ3v) is 5.54. The van der Waals surface area contributed by atoms with Crippen molar-refractivity contribution in [3.63, 3.8) is 0 Å². The molecule has 0 radical (unpaired) electrons. The van der Waals surface area contributed by atoms with E-state index in [1.807, 2.05) is 6.92 Å². The Balaban J connectivity index is 1.55. The largest absolute Gasteiger partial charge is 0.488 e. The van der Waals surface area contributed by atoms with Crippen LogP contribution in [0.3, 0.4) is 0 Å². The third kappa shape index (κ3) is 5.55. The van der Waals surface area contributed by atoms with Crippen LogP contribution in [0.2, 0.25) is 0 Å². The lowest BCUT2D eigenvalue weighted by molar-refractivity contribution is 0.0651. The van der Waals surface area contributed by atoms with E-state index >= 15 is 0 Å². The summed E-state index contributed by atoms with van der Waals surface area (Å²) >= 11 is 0. The number of carbonyl (C=O) groups excluding carboxylic acids is 2. The lowest BCUT2D eigenvalue weighted by Crippen LogP contribution is -2.41. The Bertz CT molecular complexity index is 1150. The number of rotatable bonds is 9. The van der Waals surface area contributed by atoms with Crippen LogP contribution in [-0.2, 0) is 7.05 Å². The van der Waals surface area contributed by atoms with E-state index in [1.165, 1.54) is 0 Å². The second-order valence-electron chi connectivity index (χ2n) is 8.12. The maximum Gasteiger partial charge on any atom is 0.257 e. The Kier molecular flexibility index (Phi) is 7.12. The second-order valence-corrected chi connectivity index (χ2v) is 8.12. The number of benzene rings is 2. The van der Waals surface area contributed by atoms with Crippen LogP contribution in [0.1, 0.15) is 40.5 Å². The van der Waals surface area contributed by atoms with Crippen LogP contribution < -0.4 is 14.8 Å². The van der Waals surface area contributed by atoms with Crippen LogP contribution in [0.4, 0.5) is 5.82 Å². The highest BCUT2D eigenvalue weighted by atomic mass is 16.5. The Morgan fingerprint density at radius 2 is 1.79 bits per heavy atom. The maximum atomic E-state index is 12.9. The van der Waals surface area contributed by atoms with E-state index < -0.39 is 6.10 Å². The first-order chi connectivity index (χ1) is 16.4. The quantitative estimate of drug-likeness (QED) is 0.502. The Morgan fingerprint density at radius 1 is 1.06 bits per heavy atom. The molecular weight excluding hydrogens is 436 g/mol. The highest BCUT2D eigenvalue weighted by Crippen LogP contribution is 2.29. The third-order valence-electron chi connectivity index (χ3n) is 5.54. The summed E-state index contributed by atoms with van der Waals surface area (Å²) in [5.74, 6) is 1.36. The van der Waals surface area contributed by atoms with Crippen LogP contribution in [0.15, 0.2) is 54.7 Å². The fraction of sp³-hybridized carbons (Fsp3) is 0.320. The molecule has 1 aromatic heterocycles. The van der Waals surface area contributed by atoms with Crippen molar-refractivity contribution in [2.45, 2.75) is 25.9 Å². The molecule has 0 spiro atoms. The van der Waals surface area contributed by atoms with Gasteiger partial charge in [0.05, 0.1) is 6.61 Å². The Labute approximate surface area is 197 Å². The van der Waals surface area contributed by atoms with Gasteiger partial charge in [-0.2, -0.15) is 5.10 Å². The second kappa shape index (κ2) is 10.4. The summed E-state index contributed by atoms with van der Waals surface area (Å²) in [4.78, 5) is 27.0. The molecule has 0 aliphatic carbocycles.